The minimum absolute atomic E-state index is 0.0600. The Bertz CT molecular complexity index is 1020. The predicted octanol–water partition coefficient (Wildman–Crippen LogP) is 3.20. The highest BCUT2D eigenvalue weighted by Gasteiger charge is 2.34. The Balaban J connectivity index is 2.02. The van der Waals surface area contributed by atoms with Crippen molar-refractivity contribution >= 4 is 40.9 Å². The smallest absolute Gasteiger partial charge is 0.270 e. The third-order valence-electron chi connectivity index (χ3n) is 5.00. The van der Waals surface area contributed by atoms with Gasteiger partial charge in [0, 0.05) is 25.0 Å². The minimum Gasteiger partial charge on any atom is -0.383 e. The molecule has 0 aliphatic carbocycles. The first-order chi connectivity index (χ1) is 13.7. The number of carbonyl (C=O) groups is 2. The van der Waals surface area contributed by atoms with E-state index in [-0.39, 0.29) is 10.7 Å². The summed E-state index contributed by atoms with van der Waals surface area (Å²) in [6, 6.07) is 7.74. The normalized spacial score (nSPS) is 16.0. The molecule has 1 aliphatic rings. The Labute approximate surface area is 176 Å². The standard InChI is InChI=1S/C22H25N3O3S/c1-13-8-14(2)10-18(9-13)25-21(27)19(20(26)23-22(25)29)12-17-11-15(3)24(16(17)4)6-7-28-5/h8-12H,6-7H2,1-5H3,(H,23,26,29). The van der Waals surface area contributed by atoms with Gasteiger partial charge in [-0.25, -0.2) is 0 Å². The number of hydrogen-bond donors (Lipinski definition) is 1. The quantitative estimate of drug-likeness (QED) is 0.466. The van der Waals surface area contributed by atoms with Crippen molar-refractivity contribution in [3.63, 3.8) is 0 Å². The molecule has 1 aromatic carbocycles. The summed E-state index contributed by atoms with van der Waals surface area (Å²) in [5, 5.41) is 2.74. The van der Waals surface area contributed by atoms with Crippen LogP contribution in [0, 0.1) is 27.7 Å². The SMILES string of the molecule is COCCn1c(C)cc(C=C2C(=O)NC(=S)N(c3cc(C)cc(C)c3)C2=O)c1C. The third-order valence-corrected chi connectivity index (χ3v) is 5.28. The molecule has 1 saturated heterocycles. The highest BCUT2D eigenvalue weighted by atomic mass is 32.1. The fourth-order valence-electron chi connectivity index (χ4n) is 3.63. The zero-order valence-corrected chi connectivity index (χ0v) is 18.1. The summed E-state index contributed by atoms with van der Waals surface area (Å²) in [5.74, 6) is -0.909. The van der Waals surface area contributed by atoms with E-state index in [9.17, 15) is 9.59 Å². The summed E-state index contributed by atoms with van der Waals surface area (Å²) in [4.78, 5) is 27.2. The molecule has 6 nitrogen and oxygen atoms in total. The fraction of sp³-hybridized carbons (Fsp3) is 0.318. The van der Waals surface area contributed by atoms with Gasteiger partial charge in [-0.1, -0.05) is 6.07 Å². The van der Waals surface area contributed by atoms with Crippen molar-refractivity contribution in [3.8, 4) is 0 Å². The highest BCUT2D eigenvalue weighted by Crippen LogP contribution is 2.25. The van der Waals surface area contributed by atoms with Crippen LogP contribution in [0.2, 0.25) is 0 Å². The Hall–Kier alpha value is -2.77. The molecule has 0 spiro atoms. The van der Waals surface area contributed by atoms with E-state index in [1.165, 1.54) is 4.90 Å². The summed E-state index contributed by atoms with van der Waals surface area (Å²) in [6.45, 7) is 9.16. The largest absolute Gasteiger partial charge is 0.383 e. The van der Waals surface area contributed by atoms with Crippen LogP contribution in [0.15, 0.2) is 29.8 Å². The molecule has 0 unspecified atom stereocenters. The van der Waals surface area contributed by atoms with Gasteiger partial charge in [0.1, 0.15) is 5.57 Å². The lowest BCUT2D eigenvalue weighted by Crippen LogP contribution is -2.54. The number of nitrogens with zero attached hydrogens (tertiary/aromatic N) is 2. The topological polar surface area (TPSA) is 63.6 Å². The molecule has 2 aromatic rings. The Kier molecular flexibility index (Phi) is 6.00. The molecular formula is C22H25N3O3S. The lowest BCUT2D eigenvalue weighted by atomic mass is 10.1. The van der Waals surface area contributed by atoms with Crippen molar-refractivity contribution in [2.45, 2.75) is 34.2 Å². The molecule has 0 bridgehead atoms. The predicted molar refractivity (Wildman–Crippen MR) is 118 cm³/mol. The van der Waals surface area contributed by atoms with E-state index in [4.69, 9.17) is 17.0 Å². The van der Waals surface area contributed by atoms with Crippen molar-refractivity contribution in [3.05, 3.63) is 57.9 Å². The van der Waals surface area contributed by atoms with Gasteiger partial charge in [-0.15, -0.1) is 0 Å². The number of benzene rings is 1. The van der Waals surface area contributed by atoms with E-state index in [0.717, 1.165) is 28.1 Å². The number of ether oxygens (including phenoxy) is 1. The van der Waals surface area contributed by atoms with E-state index in [0.29, 0.717) is 18.8 Å². The van der Waals surface area contributed by atoms with Gasteiger partial charge in [-0.05, 0) is 80.9 Å². The third kappa shape index (κ3) is 4.16. The highest BCUT2D eigenvalue weighted by molar-refractivity contribution is 7.80. The van der Waals surface area contributed by atoms with Gasteiger partial charge in [0.15, 0.2) is 5.11 Å². The van der Waals surface area contributed by atoms with Crippen LogP contribution in [0.3, 0.4) is 0 Å². The maximum atomic E-state index is 13.2. The van der Waals surface area contributed by atoms with Crippen LogP contribution in [0.1, 0.15) is 28.1 Å². The maximum absolute atomic E-state index is 13.2. The van der Waals surface area contributed by atoms with Gasteiger partial charge in [0.05, 0.1) is 12.3 Å². The van der Waals surface area contributed by atoms with E-state index in [1.54, 1.807) is 13.2 Å². The van der Waals surface area contributed by atoms with Crippen molar-refractivity contribution in [2.24, 2.45) is 0 Å². The number of hydrogen-bond acceptors (Lipinski definition) is 4. The van der Waals surface area contributed by atoms with Crippen LogP contribution in [-0.2, 0) is 20.9 Å². The van der Waals surface area contributed by atoms with Crippen LogP contribution in [0.4, 0.5) is 5.69 Å². The minimum atomic E-state index is -0.484. The Morgan fingerprint density at radius 1 is 1.07 bits per heavy atom. The number of thiocarbonyl (C=S) groups is 1. The molecule has 7 heteroatoms. The molecule has 0 atom stereocenters. The van der Waals surface area contributed by atoms with Gasteiger partial charge in [-0.3, -0.25) is 19.8 Å². The second kappa shape index (κ2) is 8.31. The zero-order valence-electron chi connectivity index (χ0n) is 17.3. The fourth-order valence-corrected chi connectivity index (χ4v) is 3.91. The maximum Gasteiger partial charge on any atom is 0.270 e. The summed E-state index contributed by atoms with van der Waals surface area (Å²) in [7, 11) is 1.66. The molecule has 1 aliphatic heterocycles. The van der Waals surface area contributed by atoms with E-state index in [1.807, 2.05) is 52.0 Å². The number of nitrogens with one attached hydrogen (secondary N) is 1. The lowest BCUT2D eigenvalue weighted by molar-refractivity contribution is -0.122. The number of amides is 2. The molecule has 2 heterocycles. The average Bonchev–Trinajstić information content (AvgIpc) is 2.89. The lowest BCUT2D eigenvalue weighted by Gasteiger charge is -2.29. The number of methoxy groups -OCH3 is 1. The number of carbonyl (C=O) groups excluding carboxylic acids is 2. The van der Waals surface area contributed by atoms with Gasteiger partial charge < -0.3 is 9.30 Å². The van der Waals surface area contributed by atoms with Crippen LogP contribution >= 0.6 is 12.2 Å². The van der Waals surface area contributed by atoms with E-state index >= 15 is 0 Å². The van der Waals surface area contributed by atoms with Crippen molar-refractivity contribution in [1.29, 1.82) is 0 Å². The van der Waals surface area contributed by atoms with Crippen molar-refractivity contribution < 1.29 is 14.3 Å². The Morgan fingerprint density at radius 2 is 1.72 bits per heavy atom. The van der Waals surface area contributed by atoms with Gasteiger partial charge >= 0.3 is 0 Å². The molecule has 29 heavy (non-hydrogen) atoms. The van der Waals surface area contributed by atoms with Gasteiger partial charge in [0.2, 0.25) is 0 Å². The van der Waals surface area contributed by atoms with Gasteiger partial charge in [-0.2, -0.15) is 0 Å². The van der Waals surface area contributed by atoms with E-state index < -0.39 is 11.8 Å². The summed E-state index contributed by atoms with van der Waals surface area (Å²) in [6.07, 6.45) is 1.64. The molecular weight excluding hydrogens is 386 g/mol. The summed E-state index contributed by atoms with van der Waals surface area (Å²) >= 11 is 5.29. The molecule has 0 saturated carbocycles. The van der Waals surface area contributed by atoms with Crippen LogP contribution in [-0.4, -0.2) is 35.2 Å². The zero-order chi connectivity index (χ0) is 21.3. The summed E-state index contributed by atoms with van der Waals surface area (Å²) in [5.41, 5.74) is 5.57. The Morgan fingerprint density at radius 3 is 2.34 bits per heavy atom. The first-order valence-corrected chi connectivity index (χ1v) is 9.79. The molecule has 1 aromatic heterocycles. The molecule has 152 valence electrons. The van der Waals surface area contributed by atoms with Gasteiger partial charge in [0.25, 0.3) is 11.8 Å². The van der Waals surface area contributed by atoms with Crippen molar-refractivity contribution in [1.82, 2.24) is 9.88 Å². The molecule has 0 radical (unpaired) electrons. The van der Waals surface area contributed by atoms with Crippen molar-refractivity contribution in [2.75, 3.05) is 18.6 Å². The first kappa shape index (κ1) is 21.0. The molecule has 3 rings (SSSR count). The van der Waals surface area contributed by atoms with Crippen LogP contribution < -0.4 is 10.2 Å². The van der Waals surface area contributed by atoms with Crippen LogP contribution in [0.5, 0.6) is 0 Å². The average molecular weight is 412 g/mol. The van der Waals surface area contributed by atoms with Crippen LogP contribution in [0.25, 0.3) is 6.08 Å². The molecule has 2 amide bonds. The molecule has 1 fully saturated rings. The first-order valence-electron chi connectivity index (χ1n) is 9.38. The summed E-state index contributed by atoms with van der Waals surface area (Å²) < 4.78 is 7.27. The second-order valence-corrected chi connectivity index (χ2v) is 7.66. The number of anilines is 1. The molecule has 1 N–H and O–H groups in total. The number of rotatable bonds is 5. The second-order valence-electron chi connectivity index (χ2n) is 7.27. The van der Waals surface area contributed by atoms with E-state index in [2.05, 4.69) is 9.88 Å². The monoisotopic (exact) mass is 411 g/mol. The number of aryl methyl sites for hydroxylation is 3. The number of aromatic nitrogens is 1.